The van der Waals surface area contributed by atoms with Gasteiger partial charge in [0, 0.05) is 19.1 Å². The van der Waals surface area contributed by atoms with Crippen molar-refractivity contribution in [3.8, 4) is 11.5 Å². The third kappa shape index (κ3) is 5.89. The summed E-state index contributed by atoms with van der Waals surface area (Å²) in [6.07, 6.45) is 1.37. The van der Waals surface area contributed by atoms with Crippen LogP contribution in [0.3, 0.4) is 0 Å². The molecule has 2 aromatic rings. The molecule has 2 amide bonds. The van der Waals surface area contributed by atoms with Crippen molar-refractivity contribution in [2.45, 2.75) is 31.9 Å². The van der Waals surface area contributed by atoms with Gasteiger partial charge in [-0.2, -0.15) is 0 Å². The molecule has 1 saturated heterocycles. The maximum Gasteiger partial charge on any atom is 0.410 e. The van der Waals surface area contributed by atoms with Crippen LogP contribution in [0.15, 0.2) is 48.5 Å². The fourth-order valence-electron chi connectivity index (χ4n) is 3.47. The number of benzene rings is 2. The van der Waals surface area contributed by atoms with Crippen LogP contribution in [0, 0.1) is 0 Å². The number of hydrogen-bond acceptors (Lipinski definition) is 5. The first-order valence-electron chi connectivity index (χ1n) is 10.0. The van der Waals surface area contributed by atoms with Crippen LogP contribution in [-0.4, -0.2) is 50.3 Å². The molecule has 1 aliphatic rings. The Morgan fingerprint density at radius 1 is 0.967 bits per heavy atom. The van der Waals surface area contributed by atoms with Gasteiger partial charge in [-0.3, -0.25) is 4.79 Å². The summed E-state index contributed by atoms with van der Waals surface area (Å²) >= 11 is 0. The number of carbonyl (C=O) groups excluding carboxylic acids is 2. The van der Waals surface area contributed by atoms with Crippen molar-refractivity contribution in [3.05, 3.63) is 59.7 Å². The van der Waals surface area contributed by atoms with E-state index >= 15 is 0 Å². The third-order valence-corrected chi connectivity index (χ3v) is 5.14. The molecule has 0 spiro atoms. The molecule has 0 aliphatic carbocycles. The lowest BCUT2D eigenvalue weighted by Gasteiger charge is -2.31. The van der Waals surface area contributed by atoms with Crippen molar-refractivity contribution >= 4 is 12.0 Å². The van der Waals surface area contributed by atoms with Crippen LogP contribution in [0.4, 0.5) is 4.79 Å². The Balaban J connectivity index is 1.42. The van der Waals surface area contributed by atoms with Gasteiger partial charge in [0.05, 0.1) is 20.6 Å². The van der Waals surface area contributed by atoms with Gasteiger partial charge < -0.3 is 24.4 Å². The van der Waals surface area contributed by atoms with Crippen molar-refractivity contribution in [1.29, 1.82) is 0 Å². The van der Waals surface area contributed by atoms with E-state index < -0.39 is 0 Å². The van der Waals surface area contributed by atoms with Crippen LogP contribution in [0.1, 0.15) is 24.0 Å². The molecule has 7 nitrogen and oxygen atoms in total. The fourth-order valence-corrected chi connectivity index (χ4v) is 3.47. The zero-order chi connectivity index (χ0) is 21.3. The summed E-state index contributed by atoms with van der Waals surface area (Å²) < 4.78 is 15.9. The number of amides is 2. The molecule has 30 heavy (non-hydrogen) atoms. The zero-order valence-electron chi connectivity index (χ0n) is 17.4. The summed E-state index contributed by atoms with van der Waals surface area (Å²) in [4.78, 5) is 26.4. The minimum Gasteiger partial charge on any atom is -0.493 e. The van der Waals surface area contributed by atoms with Crippen LogP contribution in [-0.2, 0) is 22.6 Å². The molecule has 0 radical (unpaired) electrons. The molecule has 3 rings (SSSR count). The Morgan fingerprint density at radius 3 is 2.33 bits per heavy atom. The average molecular weight is 412 g/mol. The second kappa shape index (κ2) is 10.5. The maximum atomic E-state index is 12.4. The molecule has 2 aromatic carbocycles. The summed E-state index contributed by atoms with van der Waals surface area (Å²) in [6, 6.07) is 15.1. The van der Waals surface area contributed by atoms with E-state index in [1.807, 2.05) is 42.5 Å². The molecule has 0 saturated carbocycles. The van der Waals surface area contributed by atoms with Gasteiger partial charge >= 0.3 is 6.09 Å². The standard InChI is InChI=1S/C23H28N2O5/c1-28-20-9-8-18(14-21(20)29-2)15-22(26)24-19-10-12-25(13-11-19)23(27)30-16-17-6-4-3-5-7-17/h3-9,14,19H,10-13,15-16H2,1-2H3,(H,24,26). The third-order valence-electron chi connectivity index (χ3n) is 5.14. The van der Waals surface area contributed by atoms with Crippen molar-refractivity contribution in [2.24, 2.45) is 0 Å². The summed E-state index contributed by atoms with van der Waals surface area (Å²) in [5.74, 6) is 1.19. The average Bonchev–Trinajstić information content (AvgIpc) is 2.78. The Labute approximate surface area is 176 Å². The second-order valence-electron chi connectivity index (χ2n) is 7.24. The first kappa shape index (κ1) is 21.5. The van der Waals surface area contributed by atoms with Crippen LogP contribution in [0.2, 0.25) is 0 Å². The number of nitrogens with zero attached hydrogens (tertiary/aromatic N) is 1. The van der Waals surface area contributed by atoms with Crippen LogP contribution < -0.4 is 14.8 Å². The molecule has 7 heteroatoms. The summed E-state index contributed by atoms with van der Waals surface area (Å²) in [5.41, 5.74) is 1.82. The molecule has 0 unspecified atom stereocenters. The maximum absolute atomic E-state index is 12.4. The van der Waals surface area contributed by atoms with Crippen LogP contribution in [0.25, 0.3) is 0 Å². The topological polar surface area (TPSA) is 77.1 Å². The quantitative estimate of drug-likeness (QED) is 0.756. The highest BCUT2D eigenvalue weighted by Crippen LogP contribution is 2.27. The molecular formula is C23H28N2O5. The van der Waals surface area contributed by atoms with Crippen molar-refractivity contribution in [3.63, 3.8) is 0 Å². The smallest absolute Gasteiger partial charge is 0.410 e. The van der Waals surface area contributed by atoms with Gasteiger partial charge in [0.15, 0.2) is 11.5 Å². The highest BCUT2D eigenvalue weighted by atomic mass is 16.6. The molecule has 0 aromatic heterocycles. The van der Waals surface area contributed by atoms with E-state index in [9.17, 15) is 9.59 Å². The lowest BCUT2D eigenvalue weighted by Crippen LogP contribution is -2.47. The number of ether oxygens (including phenoxy) is 3. The van der Waals surface area contributed by atoms with E-state index in [1.165, 1.54) is 0 Å². The van der Waals surface area contributed by atoms with Crippen molar-refractivity contribution in [1.82, 2.24) is 10.2 Å². The molecule has 0 bridgehead atoms. The molecule has 1 fully saturated rings. The van der Waals surface area contributed by atoms with Crippen molar-refractivity contribution in [2.75, 3.05) is 27.3 Å². The number of hydrogen-bond donors (Lipinski definition) is 1. The van der Waals surface area contributed by atoms with Gasteiger partial charge in [-0.1, -0.05) is 36.4 Å². The number of rotatable bonds is 7. The predicted octanol–water partition coefficient (Wildman–Crippen LogP) is 3.16. The van der Waals surface area contributed by atoms with E-state index in [2.05, 4.69) is 5.32 Å². The SMILES string of the molecule is COc1ccc(CC(=O)NC2CCN(C(=O)OCc3ccccc3)CC2)cc1OC. The van der Waals surface area contributed by atoms with Gasteiger partial charge in [0.25, 0.3) is 0 Å². The van der Waals surface area contributed by atoms with Gasteiger partial charge in [0.2, 0.25) is 5.91 Å². The first-order valence-corrected chi connectivity index (χ1v) is 10.0. The zero-order valence-corrected chi connectivity index (χ0v) is 17.4. The summed E-state index contributed by atoms with van der Waals surface area (Å²) in [5, 5.41) is 3.06. The first-order chi connectivity index (χ1) is 14.6. The van der Waals surface area contributed by atoms with Gasteiger partial charge in [0.1, 0.15) is 6.61 Å². The second-order valence-corrected chi connectivity index (χ2v) is 7.24. The van der Waals surface area contributed by atoms with Crippen molar-refractivity contribution < 1.29 is 23.8 Å². The molecule has 160 valence electrons. The number of likely N-dealkylation sites (tertiary alicyclic amines) is 1. The lowest BCUT2D eigenvalue weighted by atomic mass is 10.0. The molecular weight excluding hydrogens is 384 g/mol. The summed E-state index contributed by atoms with van der Waals surface area (Å²) in [6.45, 7) is 1.39. The normalized spacial score (nSPS) is 14.1. The summed E-state index contributed by atoms with van der Waals surface area (Å²) in [7, 11) is 3.15. The highest BCUT2D eigenvalue weighted by molar-refractivity contribution is 5.79. The van der Waals surface area contributed by atoms with Crippen LogP contribution in [0.5, 0.6) is 11.5 Å². The Morgan fingerprint density at radius 2 is 1.67 bits per heavy atom. The Hall–Kier alpha value is -3.22. The molecule has 1 N–H and O–H groups in total. The van der Waals surface area contributed by atoms with Gasteiger partial charge in [-0.15, -0.1) is 0 Å². The monoisotopic (exact) mass is 412 g/mol. The van der Waals surface area contributed by atoms with E-state index in [1.54, 1.807) is 25.2 Å². The van der Waals surface area contributed by atoms with Gasteiger partial charge in [-0.25, -0.2) is 4.79 Å². The number of piperidine rings is 1. The Kier molecular flexibility index (Phi) is 7.54. The van der Waals surface area contributed by atoms with E-state index in [0.29, 0.717) is 37.4 Å². The molecule has 0 atom stereocenters. The van der Waals surface area contributed by atoms with E-state index in [4.69, 9.17) is 14.2 Å². The van der Waals surface area contributed by atoms with E-state index in [0.717, 1.165) is 11.1 Å². The minimum absolute atomic E-state index is 0.0488. The largest absolute Gasteiger partial charge is 0.493 e. The molecule has 1 heterocycles. The Bertz CT molecular complexity index is 848. The minimum atomic E-state index is -0.311. The number of methoxy groups -OCH3 is 2. The fraction of sp³-hybridized carbons (Fsp3) is 0.391. The number of carbonyl (C=O) groups is 2. The van der Waals surface area contributed by atoms with Crippen LogP contribution >= 0.6 is 0 Å². The highest BCUT2D eigenvalue weighted by Gasteiger charge is 2.25. The van der Waals surface area contributed by atoms with Gasteiger partial charge in [-0.05, 0) is 36.1 Å². The predicted molar refractivity (Wildman–Crippen MR) is 113 cm³/mol. The lowest BCUT2D eigenvalue weighted by molar-refractivity contribution is -0.121. The number of nitrogens with one attached hydrogen (secondary N) is 1. The van der Waals surface area contributed by atoms with E-state index in [-0.39, 0.29) is 31.1 Å². The molecule has 1 aliphatic heterocycles.